The first-order chi connectivity index (χ1) is 8.17. The Morgan fingerprint density at radius 1 is 1.29 bits per heavy atom. The van der Waals surface area contributed by atoms with Crippen LogP contribution in [0.15, 0.2) is 0 Å². The molecule has 0 N–H and O–H groups in total. The van der Waals surface area contributed by atoms with Crippen LogP contribution in [-0.4, -0.2) is 29.7 Å². The summed E-state index contributed by atoms with van der Waals surface area (Å²) < 4.78 is 0. The van der Waals surface area contributed by atoms with E-state index in [0.29, 0.717) is 25.3 Å². The van der Waals surface area contributed by atoms with Crippen LogP contribution in [0.1, 0.15) is 58.8 Å². The van der Waals surface area contributed by atoms with Crippen molar-refractivity contribution >= 4 is 11.7 Å². The van der Waals surface area contributed by atoms with Gasteiger partial charge in [-0.1, -0.05) is 26.7 Å². The van der Waals surface area contributed by atoms with Gasteiger partial charge in [0.1, 0.15) is 0 Å². The van der Waals surface area contributed by atoms with Gasteiger partial charge in [-0.2, -0.15) is 0 Å². The van der Waals surface area contributed by atoms with Gasteiger partial charge in [0.05, 0.1) is 6.54 Å². The van der Waals surface area contributed by atoms with Gasteiger partial charge in [-0.3, -0.25) is 9.59 Å². The fourth-order valence-electron chi connectivity index (χ4n) is 2.53. The van der Waals surface area contributed by atoms with Gasteiger partial charge in [0.2, 0.25) is 5.91 Å². The molecule has 0 aromatic carbocycles. The molecule has 3 nitrogen and oxygen atoms in total. The SMILES string of the molecule is CCCC(=O)CN1CCC(CCC)CCC1=O. The lowest BCUT2D eigenvalue weighted by molar-refractivity contribution is -0.134. The van der Waals surface area contributed by atoms with E-state index in [0.717, 1.165) is 25.8 Å². The zero-order chi connectivity index (χ0) is 12.7. The Labute approximate surface area is 105 Å². The van der Waals surface area contributed by atoms with E-state index >= 15 is 0 Å². The molecular formula is C14H25NO2. The van der Waals surface area contributed by atoms with Gasteiger partial charge in [0, 0.05) is 19.4 Å². The molecular weight excluding hydrogens is 214 g/mol. The highest BCUT2D eigenvalue weighted by atomic mass is 16.2. The molecule has 98 valence electrons. The monoisotopic (exact) mass is 239 g/mol. The Hall–Kier alpha value is -0.860. The number of ketones is 1. The number of carbonyl (C=O) groups is 2. The summed E-state index contributed by atoms with van der Waals surface area (Å²) in [6, 6.07) is 0. The average molecular weight is 239 g/mol. The van der Waals surface area contributed by atoms with E-state index in [1.165, 1.54) is 12.8 Å². The molecule has 0 spiro atoms. The summed E-state index contributed by atoms with van der Waals surface area (Å²) in [6.45, 7) is 5.30. The lowest BCUT2D eigenvalue weighted by atomic mass is 9.96. The van der Waals surface area contributed by atoms with E-state index in [1.54, 1.807) is 4.90 Å². The molecule has 1 heterocycles. The van der Waals surface area contributed by atoms with Crippen molar-refractivity contribution in [1.29, 1.82) is 0 Å². The molecule has 0 bridgehead atoms. The number of hydrogen-bond donors (Lipinski definition) is 0. The van der Waals surface area contributed by atoms with Crippen LogP contribution in [-0.2, 0) is 9.59 Å². The molecule has 1 aliphatic rings. The van der Waals surface area contributed by atoms with Crippen LogP contribution in [0.25, 0.3) is 0 Å². The first kappa shape index (κ1) is 14.2. The van der Waals surface area contributed by atoms with Crippen LogP contribution in [0.3, 0.4) is 0 Å². The summed E-state index contributed by atoms with van der Waals surface area (Å²) in [6.07, 6.45) is 6.58. The maximum atomic E-state index is 11.9. The van der Waals surface area contributed by atoms with Crippen LogP contribution >= 0.6 is 0 Å². The second kappa shape index (κ2) is 7.46. The summed E-state index contributed by atoms with van der Waals surface area (Å²) in [5.41, 5.74) is 0. The van der Waals surface area contributed by atoms with Gasteiger partial charge in [0.25, 0.3) is 0 Å². The summed E-state index contributed by atoms with van der Waals surface area (Å²) in [4.78, 5) is 25.2. The van der Waals surface area contributed by atoms with Crippen molar-refractivity contribution in [2.75, 3.05) is 13.1 Å². The van der Waals surface area contributed by atoms with Crippen molar-refractivity contribution in [1.82, 2.24) is 4.90 Å². The third-order valence-corrected chi connectivity index (χ3v) is 3.52. The number of amides is 1. The Kier molecular flexibility index (Phi) is 6.23. The molecule has 0 saturated carbocycles. The number of rotatable bonds is 6. The Bertz CT molecular complexity index is 263. The molecule has 0 aliphatic carbocycles. The molecule has 1 amide bonds. The topological polar surface area (TPSA) is 37.4 Å². The van der Waals surface area contributed by atoms with E-state index < -0.39 is 0 Å². The number of carbonyl (C=O) groups excluding carboxylic acids is 2. The standard InChI is InChI=1S/C14H25NO2/c1-3-5-12-7-8-14(17)15(10-9-12)11-13(16)6-4-2/h12H,3-11H2,1-2H3. The van der Waals surface area contributed by atoms with Crippen molar-refractivity contribution in [3.05, 3.63) is 0 Å². The van der Waals surface area contributed by atoms with Gasteiger partial charge in [-0.25, -0.2) is 0 Å². The van der Waals surface area contributed by atoms with Gasteiger partial charge < -0.3 is 4.90 Å². The Morgan fingerprint density at radius 2 is 2.06 bits per heavy atom. The summed E-state index contributed by atoms with van der Waals surface area (Å²) >= 11 is 0. The van der Waals surface area contributed by atoms with Crippen molar-refractivity contribution in [2.24, 2.45) is 5.92 Å². The van der Waals surface area contributed by atoms with Crippen molar-refractivity contribution in [3.8, 4) is 0 Å². The molecule has 1 atom stereocenters. The second-order valence-electron chi connectivity index (χ2n) is 5.09. The minimum Gasteiger partial charge on any atom is -0.335 e. The highest BCUT2D eigenvalue weighted by molar-refractivity contribution is 5.86. The first-order valence-corrected chi connectivity index (χ1v) is 6.96. The molecule has 1 fully saturated rings. The van der Waals surface area contributed by atoms with Crippen LogP contribution in [0, 0.1) is 5.92 Å². The lowest BCUT2D eigenvalue weighted by Crippen LogP contribution is -2.35. The minimum atomic E-state index is 0.174. The smallest absolute Gasteiger partial charge is 0.222 e. The fraction of sp³-hybridized carbons (Fsp3) is 0.857. The van der Waals surface area contributed by atoms with Crippen LogP contribution in [0.4, 0.5) is 0 Å². The third kappa shape index (κ3) is 4.88. The summed E-state index contributed by atoms with van der Waals surface area (Å²) in [5.74, 6) is 1.05. The van der Waals surface area contributed by atoms with E-state index in [9.17, 15) is 9.59 Å². The molecule has 1 aliphatic heterocycles. The predicted octanol–water partition coefficient (Wildman–Crippen LogP) is 2.78. The van der Waals surface area contributed by atoms with Crippen molar-refractivity contribution in [2.45, 2.75) is 58.8 Å². The molecule has 0 radical (unpaired) electrons. The average Bonchev–Trinajstić information content (AvgIpc) is 2.45. The van der Waals surface area contributed by atoms with E-state index in [1.807, 2.05) is 6.92 Å². The maximum absolute atomic E-state index is 11.9. The molecule has 1 saturated heterocycles. The normalized spacial score (nSPS) is 21.4. The number of hydrogen-bond acceptors (Lipinski definition) is 2. The molecule has 1 unspecified atom stereocenters. The van der Waals surface area contributed by atoms with E-state index in [4.69, 9.17) is 0 Å². The first-order valence-electron chi connectivity index (χ1n) is 6.96. The third-order valence-electron chi connectivity index (χ3n) is 3.52. The van der Waals surface area contributed by atoms with Gasteiger partial charge in [-0.15, -0.1) is 0 Å². The largest absolute Gasteiger partial charge is 0.335 e. The van der Waals surface area contributed by atoms with E-state index in [2.05, 4.69) is 6.92 Å². The zero-order valence-corrected chi connectivity index (χ0v) is 11.2. The van der Waals surface area contributed by atoms with Gasteiger partial charge in [-0.05, 0) is 25.2 Å². The molecule has 0 aromatic rings. The Balaban J connectivity index is 2.44. The minimum absolute atomic E-state index is 0.174. The van der Waals surface area contributed by atoms with Crippen molar-refractivity contribution < 1.29 is 9.59 Å². The van der Waals surface area contributed by atoms with Crippen molar-refractivity contribution in [3.63, 3.8) is 0 Å². The van der Waals surface area contributed by atoms with Gasteiger partial charge >= 0.3 is 0 Å². The zero-order valence-electron chi connectivity index (χ0n) is 11.2. The molecule has 3 heteroatoms. The highest BCUT2D eigenvalue weighted by Gasteiger charge is 2.23. The fourth-order valence-corrected chi connectivity index (χ4v) is 2.53. The summed E-state index contributed by atoms with van der Waals surface area (Å²) in [5, 5.41) is 0. The number of likely N-dealkylation sites (tertiary alicyclic amines) is 1. The molecule has 1 rings (SSSR count). The predicted molar refractivity (Wildman–Crippen MR) is 68.7 cm³/mol. The second-order valence-corrected chi connectivity index (χ2v) is 5.09. The molecule has 0 aromatic heterocycles. The Morgan fingerprint density at radius 3 is 2.71 bits per heavy atom. The maximum Gasteiger partial charge on any atom is 0.222 e. The van der Waals surface area contributed by atoms with Crippen LogP contribution < -0.4 is 0 Å². The van der Waals surface area contributed by atoms with Gasteiger partial charge in [0.15, 0.2) is 5.78 Å². The van der Waals surface area contributed by atoms with E-state index in [-0.39, 0.29) is 11.7 Å². The lowest BCUT2D eigenvalue weighted by Gasteiger charge is -2.19. The quantitative estimate of drug-likeness (QED) is 0.714. The summed E-state index contributed by atoms with van der Waals surface area (Å²) in [7, 11) is 0. The highest BCUT2D eigenvalue weighted by Crippen LogP contribution is 2.22. The van der Waals surface area contributed by atoms with Crippen LogP contribution in [0.2, 0.25) is 0 Å². The number of nitrogens with zero attached hydrogens (tertiary/aromatic N) is 1. The molecule has 17 heavy (non-hydrogen) atoms. The number of Topliss-reactive ketones (excluding diaryl/α,β-unsaturated/α-hetero) is 1. The van der Waals surface area contributed by atoms with Crippen LogP contribution in [0.5, 0.6) is 0 Å².